The van der Waals surface area contributed by atoms with E-state index in [9.17, 15) is 4.79 Å². The van der Waals surface area contributed by atoms with Crippen LogP contribution < -0.4 is 0 Å². The number of carbonyl (C=O) groups excluding carboxylic acids is 1. The summed E-state index contributed by atoms with van der Waals surface area (Å²) < 4.78 is 5.98. The molecule has 0 radical (unpaired) electrons. The van der Waals surface area contributed by atoms with Crippen molar-refractivity contribution in [2.75, 3.05) is 13.1 Å². The van der Waals surface area contributed by atoms with E-state index in [1.165, 1.54) is 0 Å². The van der Waals surface area contributed by atoms with Crippen molar-refractivity contribution in [1.29, 1.82) is 0 Å². The number of carbonyl (C=O) groups is 1. The third-order valence-corrected chi connectivity index (χ3v) is 5.32. The van der Waals surface area contributed by atoms with E-state index in [-0.39, 0.29) is 12.0 Å². The van der Waals surface area contributed by atoms with Crippen molar-refractivity contribution in [3.05, 3.63) is 45.7 Å². The molecule has 1 unspecified atom stereocenters. The van der Waals surface area contributed by atoms with Gasteiger partial charge in [-0.2, -0.15) is 0 Å². The zero-order chi connectivity index (χ0) is 16.9. The summed E-state index contributed by atoms with van der Waals surface area (Å²) in [6, 6.07) is 3.92. The van der Waals surface area contributed by atoms with Crippen LogP contribution in [0, 0.1) is 13.8 Å². The van der Waals surface area contributed by atoms with E-state index in [2.05, 4.69) is 9.97 Å². The zero-order valence-electron chi connectivity index (χ0n) is 14.2. The number of hydrogen-bond donors (Lipinski definition) is 0. The predicted molar refractivity (Wildman–Crippen MR) is 93.9 cm³/mol. The minimum absolute atomic E-state index is 0.104. The molecule has 1 aliphatic rings. The third kappa shape index (κ3) is 4.39. The SMILES string of the molecule is Cc1nc(C)c(CC(=O)N2CCCC(OCc3cccnc3)C2)s1. The quantitative estimate of drug-likeness (QED) is 0.836. The molecule has 6 heteroatoms. The number of pyridine rings is 1. The third-order valence-electron chi connectivity index (χ3n) is 4.25. The first-order valence-corrected chi connectivity index (χ1v) is 9.14. The maximum absolute atomic E-state index is 12.6. The summed E-state index contributed by atoms with van der Waals surface area (Å²) in [4.78, 5) is 24.1. The molecule has 1 aliphatic heterocycles. The molecule has 3 rings (SSSR count). The van der Waals surface area contributed by atoms with Crippen molar-refractivity contribution in [1.82, 2.24) is 14.9 Å². The number of aryl methyl sites for hydroxylation is 2. The second-order valence-electron chi connectivity index (χ2n) is 6.19. The number of nitrogens with zero attached hydrogens (tertiary/aromatic N) is 3. The maximum Gasteiger partial charge on any atom is 0.227 e. The smallest absolute Gasteiger partial charge is 0.227 e. The lowest BCUT2D eigenvalue weighted by atomic mass is 10.1. The summed E-state index contributed by atoms with van der Waals surface area (Å²) in [5.41, 5.74) is 2.05. The van der Waals surface area contributed by atoms with Crippen molar-refractivity contribution < 1.29 is 9.53 Å². The second-order valence-corrected chi connectivity index (χ2v) is 7.48. The first-order chi connectivity index (χ1) is 11.6. The van der Waals surface area contributed by atoms with Crippen LogP contribution >= 0.6 is 11.3 Å². The molecule has 0 N–H and O–H groups in total. The van der Waals surface area contributed by atoms with E-state index < -0.39 is 0 Å². The molecule has 1 saturated heterocycles. The van der Waals surface area contributed by atoms with Crippen LogP contribution in [0.1, 0.15) is 34.0 Å². The van der Waals surface area contributed by atoms with E-state index in [4.69, 9.17) is 4.74 Å². The van der Waals surface area contributed by atoms with Gasteiger partial charge < -0.3 is 9.64 Å². The molecule has 0 bridgehead atoms. The molecule has 1 fully saturated rings. The topological polar surface area (TPSA) is 55.3 Å². The van der Waals surface area contributed by atoms with Crippen molar-refractivity contribution in [3.8, 4) is 0 Å². The fourth-order valence-corrected chi connectivity index (χ4v) is 3.91. The predicted octanol–water partition coefficient (Wildman–Crippen LogP) is 2.91. The van der Waals surface area contributed by atoms with Crippen LogP contribution in [0.3, 0.4) is 0 Å². The number of hydrogen-bond acceptors (Lipinski definition) is 5. The van der Waals surface area contributed by atoms with Gasteiger partial charge >= 0.3 is 0 Å². The van der Waals surface area contributed by atoms with Crippen molar-refractivity contribution in [3.63, 3.8) is 0 Å². The largest absolute Gasteiger partial charge is 0.372 e. The minimum atomic E-state index is 0.104. The fourth-order valence-electron chi connectivity index (χ4n) is 2.98. The van der Waals surface area contributed by atoms with Crippen molar-refractivity contribution >= 4 is 17.2 Å². The Bertz CT molecular complexity index is 687. The van der Waals surface area contributed by atoms with Gasteiger partial charge in [0.1, 0.15) is 0 Å². The average molecular weight is 345 g/mol. The van der Waals surface area contributed by atoms with E-state index in [0.717, 1.165) is 40.5 Å². The van der Waals surface area contributed by atoms with E-state index in [1.54, 1.807) is 17.5 Å². The Kier molecular flexibility index (Phi) is 5.58. The molecule has 5 nitrogen and oxygen atoms in total. The zero-order valence-corrected chi connectivity index (χ0v) is 15.0. The van der Waals surface area contributed by atoms with Gasteiger partial charge in [-0.3, -0.25) is 9.78 Å². The lowest BCUT2D eigenvalue weighted by Gasteiger charge is -2.32. The number of piperidine rings is 1. The van der Waals surface area contributed by atoms with Crippen LogP contribution in [-0.2, 0) is 22.6 Å². The number of thiazole rings is 1. The Balaban J connectivity index is 1.53. The van der Waals surface area contributed by atoms with E-state index in [1.807, 2.05) is 37.1 Å². The summed E-state index contributed by atoms with van der Waals surface area (Å²) in [5, 5.41) is 1.02. The number of likely N-dealkylation sites (tertiary alicyclic amines) is 1. The summed E-state index contributed by atoms with van der Waals surface area (Å²) >= 11 is 1.62. The van der Waals surface area contributed by atoms with E-state index >= 15 is 0 Å². The number of ether oxygens (including phenoxy) is 1. The van der Waals surface area contributed by atoms with Gasteiger partial charge in [0.05, 0.1) is 29.8 Å². The normalized spacial score (nSPS) is 17.9. The molecular weight excluding hydrogens is 322 g/mol. The Morgan fingerprint density at radius 2 is 2.33 bits per heavy atom. The molecule has 24 heavy (non-hydrogen) atoms. The molecule has 2 aromatic rings. The number of amides is 1. The summed E-state index contributed by atoms with van der Waals surface area (Å²) in [6.45, 7) is 6.00. The molecule has 0 aromatic carbocycles. The molecular formula is C18H23N3O2S. The van der Waals surface area contributed by atoms with Crippen LogP contribution in [0.15, 0.2) is 24.5 Å². The summed E-state index contributed by atoms with van der Waals surface area (Å²) in [5.74, 6) is 0.177. The van der Waals surface area contributed by atoms with Gasteiger partial charge in [0.15, 0.2) is 0 Å². The molecule has 2 aromatic heterocycles. The lowest BCUT2D eigenvalue weighted by molar-refractivity contribution is -0.134. The Labute approximate surface area is 146 Å². The highest BCUT2D eigenvalue weighted by Crippen LogP contribution is 2.20. The Morgan fingerprint density at radius 3 is 3.04 bits per heavy atom. The molecule has 128 valence electrons. The number of aromatic nitrogens is 2. The van der Waals surface area contributed by atoms with Gasteiger partial charge in [-0.15, -0.1) is 11.3 Å². The standard InChI is InChI=1S/C18H23N3O2S/c1-13-17(24-14(2)20-13)9-18(22)21-8-4-6-16(11-21)23-12-15-5-3-7-19-10-15/h3,5,7,10,16H,4,6,8-9,11-12H2,1-2H3. The van der Waals surface area contributed by atoms with Crippen LogP contribution in [-0.4, -0.2) is 40.0 Å². The molecule has 3 heterocycles. The van der Waals surface area contributed by atoms with E-state index in [0.29, 0.717) is 19.6 Å². The minimum Gasteiger partial charge on any atom is -0.372 e. The van der Waals surface area contributed by atoms with Gasteiger partial charge in [0, 0.05) is 30.4 Å². The van der Waals surface area contributed by atoms with Gasteiger partial charge in [-0.25, -0.2) is 4.98 Å². The van der Waals surface area contributed by atoms with Crippen LogP contribution in [0.2, 0.25) is 0 Å². The van der Waals surface area contributed by atoms with Crippen molar-refractivity contribution in [2.45, 2.75) is 45.8 Å². The first-order valence-electron chi connectivity index (χ1n) is 8.33. The maximum atomic E-state index is 12.6. The van der Waals surface area contributed by atoms with Gasteiger partial charge in [-0.05, 0) is 38.3 Å². The summed E-state index contributed by atoms with van der Waals surface area (Å²) in [6.07, 6.45) is 6.13. The van der Waals surface area contributed by atoms with Crippen LogP contribution in [0.5, 0.6) is 0 Å². The van der Waals surface area contributed by atoms with Crippen LogP contribution in [0.4, 0.5) is 0 Å². The van der Waals surface area contributed by atoms with Crippen molar-refractivity contribution in [2.24, 2.45) is 0 Å². The molecule has 1 amide bonds. The Morgan fingerprint density at radius 1 is 1.46 bits per heavy atom. The van der Waals surface area contributed by atoms with Gasteiger partial charge in [0.25, 0.3) is 0 Å². The van der Waals surface area contributed by atoms with Crippen LogP contribution in [0.25, 0.3) is 0 Å². The lowest BCUT2D eigenvalue weighted by Crippen LogP contribution is -2.43. The monoisotopic (exact) mass is 345 g/mol. The second kappa shape index (κ2) is 7.85. The van der Waals surface area contributed by atoms with Gasteiger partial charge in [-0.1, -0.05) is 6.07 Å². The first kappa shape index (κ1) is 17.0. The molecule has 0 spiro atoms. The fraction of sp³-hybridized carbons (Fsp3) is 0.500. The number of rotatable bonds is 5. The molecule has 0 aliphatic carbocycles. The molecule has 1 atom stereocenters. The molecule has 0 saturated carbocycles. The highest BCUT2D eigenvalue weighted by atomic mass is 32.1. The van der Waals surface area contributed by atoms with Gasteiger partial charge in [0.2, 0.25) is 5.91 Å². The Hall–Kier alpha value is -1.79. The highest BCUT2D eigenvalue weighted by molar-refractivity contribution is 7.11. The average Bonchev–Trinajstić information content (AvgIpc) is 2.91. The summed E-state index contributed by atoms with van der Waals surface area (Å²) in [7, 11) is 0. The highest BCUT2D eigenvalue weighted by Gasteiger charge is 2.25.